The molecule has 1 amide bonds. The van der Waals surface area contributed by atoms with E-state index in [0.29, 0.717) is 5.13 Å². The molecule has 2 aromatic rings. The van der Waals surface area contributed by atoms with E-state index in [1.165, 1.54) is 16.2 Å². The number of rotatable bonds is 2. The minimum absolute atomic E-state index is 0.0598. The van der Waals surface area contributed by atoms with E-state index in [1.54, 1.807) is 0 Å². The molecule has 5 nitrogen and oxygen atoms in total. The van der Waals surface area contributed by atoms with Gasteiger partial charge in [-0.2, -0.15) is 0 Å². The van der Waals surface area contributed by atoms with Crippen molar-refractivity contribution in [2.45, 2.75) is 13.3 Å². The quantitative estimate of drug-likeness (QED) is 0.911. The first-order valence-corrected chi connectivity index (χ1v) is 6.77. The van der Waals surface area contributed by atoms with Gasteiger partial charge in [-0.1, -0.05) is 23.5 Å². The number of anilines is 1. The van der Waals surface area contributed by atoms with E-state index < -0.39 is 11.9 Å². The van der Waals surface area contributed by atoms with Gasteiger partial charge in [-0.05, 0) is 18.6 Å². The molecule has 1 N–H and O–H groups in total. The summed E-state index contributed by atoms with van der Waals surface area (Å²) in [6.45, 7) is 2.19. The molecular weight excluding hydrogens is 264 g/mol. The van der Waals surface area contributed by atoms with Crippen LogP contribution in [0.3, 0.4) is 0 Å². The Morgan fingerprint density at radius 3 is 2.95 bits per heavy atom. The average molecular weight is 276 g/mol. The molecule has 0 radical (unpaired) electrons. The van der Waals surface area contributed by atoms with Gasteiger partial charge < -0.3 is 5.11 Å². The molecule has 0 saturated carbocycles. The van der Waals surface area contributed by atoms with Gasteiger partial charge >= 0.3 is 5.97 Å². The highest BCUT2D eigenvalue weighted by Gasteiger charge is 2.36. The van der Waals surface area contributed by atoms with Crippen LogP contribution in [0.5, 0.6) is 0 Å². The largest absolute Gasteiger partial charge is 0.481 e. The molecule has 3 rings (SSSR count). The van der Waals surface area contributed by atoms with Gasteiger partial charge in [0.1, 0.15) is 0 Å². The Morgan fingerprint density at radius 2 is 2.32 bits per heavy atom. The summed E-state index contributed by atoms with van der Waals surface area (Å²) in [5.74, 6) is -1.71. The van der Waals surface area contributed by atoms with Gasteiger partial charge in [-0.15, -0.1) is 0 Å². The van der Waals surface area contributed by atoms with Crippen LogP contribution in [0, 0.1) is 12.8 Å². The molecule has 98 valence electrons. The number of carbonyl (C=O) groups is 2. The Hall–Kier alpha value is -1.95. The van der Waals surface area contributed by atoms with Crippen LogP contribution in [0.15, 0.2) is 18.2 Å². The number of carbonyl (C=O) groups excluding carboxylic acids is 1. The van der Waals surface area contributed by atoms with Crippen LogP contribution in [0.1, 0.15) is 12.0 Å². The highest BCUT2D eigenvalue weighted by Crippen LogP contribution is 2.33. The second-order valence-electron chi connectivity index (χ2n) is 4.66. The minimum atomic E-state index is -0.923. The molecule has 1 fully saturated rings. The van der Waals surface area contributed by atoms with Gasteiger partial charge in [0.25, 0.3) is 0 Å². The highest BCUT2D eigenvalue weighted by molar-refractivity contribution is 7.22. The first kappa shape index (κ1) is 12.1. The van der Waals surface area contributed by atoms with E-state index in [1.807, 2.05) is 25.1 Å². The molecule has 1 unspecified atom stereocenters. The number of aryl methyl sites for hydroxylation is 1. The number of nitrogens with zero attached hydrogens (tertiary/aromatic N) is 2. The van der Waals surface area contributed by atoms with Crippen molar-refractivity contribution < 1.29 is 14.7 Å². The van der Waals surface area contributed by atoms with Crippen molar-refractivity contribution in [1.29, 1.82) is 0 Å². The summed E-state index contributed by atoms with van der Waals surface area (Å²) in [6, 6.07) is 5.88. The van der Waals surface area contributed by atoms with Gasteiger partial charge in [0.2, 0.25) is 5.91 Å². The zero-order chi connectivity index (χ0) is 13.6. The number of aliphatic carboxylic acids is 1. The fourth-order valence-electron chi connectivity index (χ4n) is 2.25. The molecule has 1 aromatic heterocycles. The van der Waals surface area contributed by atoms with Crippen molar-refractivity contribution in [2.75, 3.05) is 11.4 Å². The van der Waals surface area contributed by atoms with Crippen LogP contribution >= 0.6 is 11.3 Å². The van der Waals surface area contributed by atoms with Gasteiger partial charge in [0.15, 0.2) is 5.13 Å². The number of carboxylic acid groups (broad SMARTS) is 1. The molecule has 6 heteroatoms. The van der Waals surface area contributed by atoms with E-state index in [9.17, 15) is 9.59 Å². The Labute approximate surface area is 113 Å². The van der Waals surface area contributed by atoms with Crippen molar-refractivity contribution in [1.82, 2.24) is 4.98 Å². The summed E-state index contributed by atoms with van der Waals surface area (Å²) in [5.41, 5.74) is 1.94. The van der Waals surface area contributed by atoms with E-state index in [-0.39, 0.29) is 18.9 Å². The standard InChI is InChI=1S/C13H12N2O3S/c1-7-3-2-4-9-11(7)14-13(19-9)15-6-8(12(17)18)5-10(15)16/h2-4,8H,5-6H2,1H3,(H,17,18). The average Bonchev–Trinajstić information content (AvgIpc) is 2.93. The molecule has 19 heavy (non-hydrogen) atoms. The van der Waals surface area contributed by atoms with Crippen molar-refractivity contribution in [3.63, 3.8) is 0 Å². The number of thiazole rings is 1. The Morgan fingerprint density at radius 1 is 1.53 bits per heavy atom. The molecule has 1 atom stereocenters. The number of aromatic nitrogens is 1. The van der Waals surface area contributed by atoms with Gasteiger partial charge in [-0.3, -0.25) is 14.5 Å². The second kappa shape index (κ2) is 4.31. The van der Waals surface area contributed by atoms with Crippen LogP contribution in [-0.4, -0.2) is 28.5 Å². The minimum Gasteiger partial charge on any atom is -0.481 e. The Bertz CT molecular complexity index is 680. The molecule has 1 saturated heterocycles. The van der Waals surface area contributed by atoms with Gasteiger partial charge in [0, 0.05) is 13.0 Å². The van der Waals surface area contributed by atoms with Crippen LogP contribution < -0.4 is 4.90 Å². The lowest BCUT2D eigenvalue weighted by Gasteiger charge is -2.11. The molecule has 1 aliphatic heterocycles. The summed E-state index contributed by atoms with van der Waals surface area (Å²) in [5, 5.41) is 9.58. The van der Waals surface area contributed by atoms with Crippen LogP contribution in [0.4, 0.5) is 5.13 Å². The first-order chi connectivity index (χ1) is 9.06. The van der Waals surface area contributed by atoms with Crippen molar-refractivity contribution >= 4 is 38.6 Å². The van der Waals surface area contributed by atoms with E-state index in [0.717, 1.165) is 15.8 Å². The van der Waals surface area contributed by atoms with Crippen LogP contribution in [-0.2, 0) is 9.59 Å². The third kappa shape index (κ3) is 1.98. The van der Waals surface area contributed by atoms with Crippen molar-refractivity contribution in [2.24, 2.45) is 5.92 Å². The lowest BCUT2D eigenvalue weighted by molar-refractivity contribution is -0.141. The topological polar surface area (TPSA) is 70.5 Å². The molecular formula is C13H12N2O3S. The fourth-order valence-corrected chi connectivity index (χ4v) is 3.32. The molecule has 2 heterocycles. The lowest BCUT2D eigenvalue weighted by atomic mass is 10.1. The maximum Gasteiger partial charge on any atom is 0.308 e. The monoisotopic (exact) mass is 276 g/mol. The zero-order valence-electron chi connectivity index (χ0n) is 10.3. The predicted molar refractivity (Wildman–Crippen MR) is 72.5 cm³/mol. The van der Waals surface area contributed by atoms with Crippen LogP contribution in [0.25, 0.3) is 10.2 Å². The predicted octanol–water partition coefficient (Wildman–Crippen LogP) is 2.04. The number of para-hydroxylation sites is 1. The number of hydrogen-bond acceptors (Lipinski definition) is 4. The molecule has 0 bridgehead atoms. The third-order valence-corrected chi connectivity index (χ3v) is 4.36. The van der Waals surface area contributed by atoms with Crippen LogP contribution in [0.2, 0.25) is 0 Å². The van der Waals surface area contributed by atoms with E-state index >= 15 is 0 Å². The van der Waals surface area contributed by atoms with E-state index in [4.69, 9.17) is 5.11 Å². The maximum atomic E-state index is 11.9. The summed E-state index contributed by atoms with van der Waals surface area (Å²) in [6.07, 6.45) is 0.0598. The smallest absolute Gasteiger partial charge is 0.308 e. The third-order valence-electron chi connectivity index (χ3n) is 3.31. The number of benzene rings is 1. The van der Waals surface area contributed by atoms with Gasteiger partial charge in [0.05, 0.1) is 16.1 Å². The summed E-state index contributed by atoms with van der Waals surface area (Å²) < 4.78 is 1.02. The number of carboxylic acids is 1. The molecule has 1 aromatic carbocycles. The molecule has 0 aliphatic carbocycles. The summed E-state index contributed by atoms with van der Waals surface area (Å²) in [7, 11) is 0. The highest BCUT2D eigenvalue weighted by atomic mass is 32.1. The summed E-state index contributed by atoms with van der Waals surface area (Å²) in [4.78, 5) is 28.8. The summed E-state index contributed by atoms with van der Waals surface area (Å²) >= 11 is 1.43. The Kier molecular flexibility index (Phi) is 2.74. The molecule has 1 aliphatic rings. The van der Waals surface area contributed by atoms with Crippen molar-refractivity contribution in [3.8, 4) is 0 Å². The fraction of sp³-hybridized carbons (Fsp3) is 0.308. The van der Waals surface area contributed by atoms with E-state index in [2.05, 4.69) is 4.98 Å². The van der Waals surface area contributed by atoms with Crippen molar-refractivity contribution in [3.05, 3.63) is 23.8 Å². The first-order valence-electron chi connectivity index (χ1n) is 5.95. The zero-order valence-corrected chi connectivity index (χ0v) is 11.1. The lowest BCUT2D eigenvalue weighted by Crippen LogP contribution is -2.25. The number of fused-ring (bicyclic) bond motifs is 1. The normalized spacial score (nSPS) is 19.3. The Balaban J connectivity index is 1.99. The second-order valence-corrected chi connectivity index (χ2v) is 5.67. The number of hydrogen-bond donors (Lipinski definition) is 1. The maximum absolute atomic E-state index is 11.9. The SMILES string of the molecule is Cc1cccc2sc(N3CC(C(=O)O)CC3=O)nc12. The number of amides is 1. The van der Waals surface area contributed by atoms with Gasteiger partial charge in [-0.25, -0.2) is 4.98 Å². The molecule has 0 spiro atoms.